The van der Waals surface area contributed by atoms with Crippen molar-refractivity contribution in [3.05, 3.63) is 30.0 Å². The van der Waals surface area contributed by atoms with E-state index < -0.39 is 0 Å². The number of aromatic nitrogens is 3. The van der Waals surface area contributed by atoms with Gasteiger partial charge in [0.1, 0.15) is 0 Å². The van der Waals surface area contributed by atoms with Crippen molar-refractivity contribution in [2.75, 3.05) is 0 Å². The van der Waals surface area contributed by atoms with Crippen LogP contribution in [0.4, 0.5) is 0 Å². The lowest BCUT2D eigenvalue weighted by molar-refractivity contribution is 1.02. The Hall–Kier alpha value is -1.38. The highest BCUT2D eigenvalue weighted by molar-refractivity contribution is 5.40. The standard InChI is InChI=1S/C9H11N3.C2H6/c1-3-8-7(2)12-5-4-10-6-9(12)11-8;1-2/h4-6H,3H2,1-2H3;1-2H3. The molecule has 0 aliphatic carbocycles. The Labute approximate surface area is 84.8 Å². The van der Waals surface area contributed by atoms with Crippen LogP contribution in [0.2, 0.25) is 0 Å². The highest BCUT2D eigenvalue weighted by Crippen LogP contribution is 2.10. The van der Waals surface area contributed by atoms with Crippen molar-refractivity contribution < 1.29 is 0 Å². The van der Waals surface area contributed by atoms with Gasteiger partial charge in [0.2, 0.25) is 0 Å². The minimum Gasteiger partial charge on any atom is -0.301 e. The number of aryl methyl sites for hydroxylation is 2. The summed E-state index contributed by atoms with van der Waals surface area (Å²) in [6.07, 6.45) is 6.48. The highest BCUT2D eigenvalue weighted by atomic mass is 15.0. The molecular formula is C11H17N3. The van der Waals surface area contributed by atoms with Crippen molar-refractivity contribution in [3.63, 3.8) is 0 Å². The molecule has 2 heterocycles. The van der Waals surface area contributed by atoms with E-state index in [1.54, 1.807) is 12.4 Å². The van der Waals surface area contributed by atoms with Crippen LogP contribution in [0.25, 0.3) is 5.65 Å². The summed E-state index contributed by atoms with van der Waals surface area (Å²) in [4.78, 5) is 8.45. The van der Waals surface area contributed by atoms with Gasteiger partial charge in [0, 0.05) is 18.1 Å². The molecule has 0 radical (unpaired) electrons. The van der Waals surface area contributed by atoms with E-state index in [0.29, 0.717) is 0 Å². The average Bonchev–Trinajstić information content (AvgIpc) is 2.59. The topological polar surface area (TPSA) is 30.2 Å². The van der Waals surface area contributed by atoms with E-state index in [2.05, 4.69) is 28.2 Å². The van der Waals surface area contributed by atoms with Crippen molar-refractivity contribution in [2.24, 2.45) is 0 Å². The van der Waals surface area contributed by atoms with Gasteiger partial charge in [-0.25, -0.2) is 4.98 Å². The Morgan fingerprint density at radius 1 is 1.36 bits per heavy atom. The molecule has 3 nitrogen and oxygen atoms in total. The first-order valence-corrected chi connectivity index (χ1v) is 5.10. The van der Waals surface area contributed by atoms with Gasteiger partial charge in [-0.3, -0.25) is 4.98 Å². The lowest BCUT2D eigenvalue weighted by atomic mass is 10.3. The van der Waals surface area contributed by atoms with Crippen LogP contribution in [-0.4, -0.2) is 14.4 Å². The third kappa shape index (κ3) is 1.76. The molecule has 14 heavy (non-hydrogen) atoms. The predicted octanol–water partition coefficient (Wildman–Crippen LogP) is 2.63. The molecule has 0 atom stereocenters. The van der Waals surface area contributed by atoms with E-state index in [4.69, 9.17) is 0 Å². The molecule has 2 aromatic rings. The lowest BCUT2D eigenvalue weighted by Crippen LogP contribution is -1.88. The fourth-order valence-corrected chi connectivity index (χ4v) is 1.41. The van der Waals surface area contributed by atoms with E-state index >= 15 is 0 Å². The number of fused-ring (bicyclic) bond motifs is 1. The van der Waals surface area contributed by atoms with E-state index in [1.165, 1.54) is 5.69 Å². The number of hydrogen-bond donors (Lipinski definition) is 0. The molecule has 0 bridgehead atoms. The number of hydrogen-bond acceptors (Lipinski definition) is 2. The van der Waals surface area contributed by atoms with Gasteiger partial charge in [-0.15, -0.1) is 0 Å². The summed E-state index contributed by atoms with van der Waals surface area (Å²) in [5, 5.41) is 0. The Kier molecular flexibility index (Phi) is 3.63. The number of nitrogens with zero attached hydrogens (tertiary/aromatic N) is 3. The summed E-state index contributed by atoms with van der Waals surface area (Å²) in [5.74, 6) is 0. The summed E-state index contributed by atoms with van der Waals surface area (Å²) in [7, 11) is 0. The summed E-state index contributed by atoms with van der Waals surface area (Å²) < 4.78 is 2.06. The quantitative estimate of drug-likeness (QED) is 0.693. The van der Waals surface area contributed by atoms with Crippen LogP contribution in [0.5, 0.6) is 0 Å². The Morgan fingerprint density at radius 3 is 2.64 bits per heavy atom. The normalized spacial score (nSPS) is 9.71. The molecule has 0 unspecified atom stereocenters. The molecule has 0 spiro atoms. The molecule has 0 aromatic carbocycles. The molecule has 0 fully saturated rings. The molecule has 0 aliphatic heterocycles. The summed E-state index contributed by atoms with van der Waals surface area (Å²) >= 11 is 0. The molecule has 2 aromatic heterocycles. The summed E-state index contributed by atoms with van der Waals surface area (Å²) in [5.41, 5.74) is 3.31. The molecule has 3 heteroatoms. The second-order valence-corrected chi connectivity index (χ2v) is 2.80. The maximum atomic E-state index is 4.43. The van der Waals surface area contributed by atoms with Crippen molar-refractivity contribution in [1.82, 2.24) is 14.4 Å². The van der Waals surface area contributed by atoms with Gasteiger partial charge in [-0.2, -0.15) is 0 Å². The Bertz CT molecular complexity index is 404. The van der Waals surface area contributed by atoms with Crippen LogP contribution in [0.1, 0.15) is 32.2 Å². The lowest BCUT2D eigenvalue weighted by Gasteiger charge is -1.93. The third-order valence-corrected chi connectivity index (χ3v) is 2.10. The molecule has 0 aliphatic rings. The number of imidazole rings is 1. The molecule has 0 N–H and O–H groups in total. The van der Waals surface area contributed by atoms with Crippen LogP contribution < -0.4 is 0 Å². The summed E-state index contributed by atoms with van der Waals surface area (Å²) in [6, 6.07) is 0. The molecule has 76 valence electrons. The first-order valence-electron chi connectivity index (χ1n) is 5.10. The minimum absolute atomic E-state index is 0.937. The van der Waals surface area contributed by atoms with Gasteiger partial charge in [-0.05, 0) is 13.3 Å². The third-order valence-electron chi connectivity index (χ3n) is 2.10. The van der Waals surface area contributed by atoms with Crippen molar-refractivity contribution in [3.8, 4) is 0 Å². The Balaban J connectivity index is 0.000000461. The van der Waals surface area contributed by atoms with Gasteiger partial charge in [-0.1, -0.05) is 20.8 Å². The fourth-order valence-electron chi connectivity index (χ4n) is 1.41. The maximum Gasteiger partial charge on any atom is 0.155 e. The van der Waals surface area contributed by atoms with Crippen LogP contribution in [0.3, 0.4) is 0 Å². The van der Waals surface area contributed by atoms with Gasteiger partial charge in [0.05, 0.1) is 11.9 Å². The maximum absolute atomic E-state index is 4.43. The Morgan fingerprint density at radius 2 is 2.07 bits per heavy atom. The summed E-state index contributed by atoms with van der Waals surface area (Å²) in [6.45, 7) is 8.20. The molecule has 2 rings (SSSR count). The average molecular weight is 191 g/mol. The molecule has 0 saturated carbocycles. The van der Waals surface area contributed by atoms with Gasteiger partial charge >= 0.3 is 0 Å². The highest BCUT2D eigenvalue weighted by Gasteiger charge is 2.04. The van der Waals surface area contributed by atoms with Gasteiger partial charge in [0.15, 0.2) is 5.65 Å². The smallest absolute Gasteiger partial charge is 0.155 e. The zero-order valence-corrected chi connectivity index (χ0v) is 9.28. The number of rotatable bonds is 1. The van der Waals surface area contributed by atoms with E-state index in [9.17, 15) is 0 Å². The minimum atomic E-state index is 0.937. The van der Waals surface area contributed by atoms with Crippen molar-refractivity contribution in [1.29, 1.82) is 0 Å². The van der Waals surface area contributed by atoms with E-state index in [1.807, 2.05) is 20.0 Å². The van der Waals surface area contributed by atoms with Crippen LogP contribution in [0, 0.1) is 6.92 Å². The van der Waals surface area contributed by atoms with Crippen molar-refractivity contribution in [2.45, 2.75) is 34.1 Å². The zero-order valence-electron chi connectivity index (χ0n) is 9.28. The largest absolute Gasteiger partial charge is 0.301 e. The van der Waals surface area contributed by atoms with Gasteiger partial charge in [0.25, 0.3) is 0 Å². The molecule has 0 amide bonds. The van der Waals surface area contributed by atoms with Crippen molar-refractivity contribution >= 4 is 5.65 Å². The molecular weight excluding hydrogens is 174 g/mol. The first kappa shape index (κ1) is 10.7. The first-order chi connectivity index (χ1) is 6.83. The fraction of sp³-hybridized carbons (Fsp3) is 0.455. The van der Waals surface area contributed by atoms with E-state index in [0.717, 1.165) is 17.8 Å². The second-order valence-electron chi connectivity index (χ2n) is 2.80. The SMILES string of the molecule is CC.CCc1nc2cnccn2c1C. The predicted molar refractivity (Wildman–Crippen MR) is 58.5 cm³/mol. The van der Waals surface area contributed by atoms with Crippen LogP contribution in [-0.2, 0) is 6.42 Å². The van der Waals surface area contributed by atoms with Crippen LogP contribution >= 0.6 is 0 Å². The zero-order chi connectivity index (χ0) is 10.6. The van der Waals surface area contributed by atoms with Gasteiger partial charge < -0.3 is 4.40 Å². The van der Waals surface area contributed by atoms with Crippen LogP contribution in [0.15, 0.2) is 18.6 Å². The molecule has 0 saturated heterocycles. The second kappa shape index (κ2) is 4.74. The van der Waals surface area contributed by atoms with E-state index in [-0.39, 0.29) is 0 Å². The monoisotopic (exact) mass is 191 g/mol.